The van der Waals surface area contributed by atoms with Gasteiger partial charge in [0.15, 0.2) is 0 Å². The van der Waals surface area contributed by atoms with Crippen LogP contribution in [0.25, 0.3) is 0 Å². The van der Waals surface area contributed by atoms with E-state index >= 15 is 0 Å². The minimum Gasteiger partial charge on any atom is -0.496 e. The van der Waals surface area contributed by atoms with Crippen LogP contribution in [-0.2, 0) is 0 Å². The van der Waals surface area contributed by atoms with E-state index in [4.69, 9.17) is 10.00 Å². The van der Waals surface area contributed by atoms with E-state index in [-0.39, 0.29) is 0 Å². The molecule has 0 radical (unpaired) electrons. The zero-order valence-electron chi connectivity index (χ0n) is 6.89. The lowest BCUT2D eigenvalue weighted by atomic mass is 10.1. The van der Waals surface area contributed by atoms with Crippen LogP contribution in [0.4, 0.5) is 0 Å². The average molecular weight is 226 g/mol. The molecule has 0 amide bonds. The molecule has 0 aliphatic heterocycles. The number of halogens is 1. The van der Waals surface area contributed by atoms with Gasteiger partial charge in [0.1, 0.15) is 5.75 Å². The van der Waals surface area contributed by atoms with Crippen LogP contribution >= 0.6 is 15.9 Å². The van der Waals surface area contributed by atoms with E-state index in [2.05, 4.69) is 22.0 Å². The standard InChI is InChI=1S/C9H8BrNO/c1-6-3-9(12-2)8(10)4-7(6)5-11/h3-4H,1-2H3. The summed E-state index contributed by atoms with van der Waals surface area (Å²) in [5.41, 5.74) is 1.60. The summed E-state index contributed by atoms with van der Waals surface area (Å²) in [4.78, 5) is 0. The highest BCUT2D eigenvalue weighted by Gasteiger charge is 2.04. The first-order valence-electron chi connectivity index (χ1n) is 3.43. The van der Waals surface area contributed by atoms with E-state index in [0.717, 1.165) is 15.8 Å². The number of nitriles is 1. The minimum atomic E-state index is 0.669. The Balaban J connectivity index is 3.28. The molecule has 0 saturated heterocycles. The van der Waals surface area contributed by atoms with Crippen molar-refractivity contribution < 1.29 is 4.74 Å². The Kier molecular flexibility index (Phi) is 2.72. The smallest absolute Gasteiger partial charge is 0.133 e. The number of nitrogens with zero attached hydrogens (tertiary/aromatic N) is 1. The molecule has 1 aromatic carbocycles. The van der Waals surface area contributed by atoms with Crippen LogP contribution in [0.5, 0.6) is 5.75 Å². The fraction of sp³-hybridized carbons (Fsp3) is 0.222. The van der Waals surface area contributed by atoms with Gasteiger partial charge < -0.3 is 4.74 Å². The lowest BCUT2D eigenvalue weighted by Crippen LogP contribution is -1.88. The summed E-state index contributed by atoms with van der Waals surface area (Å²) >= 11 is 3.31. The van der Waals surface area contributed by atoms with Crippen LogP contribution in [0.1, 0.15) is 11.1 Å². The highest BCUT2D eigenvalue weighted by Crippen LogP contribution is 2.27. The quantitative estimate of drug-likeness (QED) is 0.737. The van der Waals surface area contributed by atoms with Gasteiger partial charge in [0.2, 0.25) is 0 Å². The monoisotopic (exact) mass is 225 g/mol. The Morgan fingerprint density at radius 1 is 1.50 bits per heavy atom. The van der Waals surface area contributed by atoms with Gasteiger partial charge in [-0.1, -0.05) is 0 Å². The summed E-state index contributed by atoms with van der Waals surface area (Å²) in [5, 5.41) is 8.69. The van der Waals surface area contributed by atoms with Gasteiger partial charge in [0.25, 0.3) is 0 Å². The van der Waals surface area contributed by atoms with Crippen LogP contribution < -0.4 is 4.74 Å². The van der Waals surface area contributed by atoms with Gasteiger partial charge in [-0.25, -0.2) is 0 Å². The van der Waals surface area contributed by atoms with E-state index in [0.29, 0.717) is 5.56 Å². The molecule has 0 aliphatic carbocycles. The molecular formula is C9H8BrNO. The number of aryl methyl sites for hydroxylation is 1. The maximum atomic E-state index is 8.69. The summed E-state index contributed by atoms with van der Waals surface area (Å²) < 4.78 is 5.88. The van der Waals surface area contributed by atoms with E-state index < -0.39 is 0 Å². The maximum Gasteiger partial charge on any atom is 0.133 e. The van der Waals surface area contributed by atoms with Gasteiger partial charge in [-0.15, -0.1) is 0 Å². The van der Waals surface area contributed by atoms with Crippen LogP contribution in [0.15, 0.2) is 16.6 Å². The van der Waals surface area contributed by atoms with Crippen molar-refractivity contribution in [2.45, 2.75) is 6.92 Å². The Morgan fingerprint density at radius 2 is 2.17 bits per heavy atom. The molecule has 0 saturated carbocycles. The SMILES string of the molecule is COc1cc(C)c(C#N)cc1Br. The molecule has 0 spiro atoms. The summed E-state index contributed by atoms with van der Waals surface area (Å²) in [7, 11) is 1.60. The number of rotatable bonds is 1. The van der Waals surface area contributed by atoms with E-state index in [1.165, 1.54) is 0 Å². The van der Waals surface area contributed by atoms with Crippen molar-refractivity contribution in [3.63, 3.8) is 0 Å². The summed E-state index contributed by atoms with van der Waals surface area (Å²) in [5.74, 6) is 0.756. The third kappa shape index (κ3) is 1.59. The maximum absolute atomic E-state index is 8.69. The molecule has 3 heteroatoms. The Labute approximate surface area is 79.9 Å². The molecule has 1 rings (SSSR count). The molecule has 62 valence electrons. The second-order valence-electron chi connectivity index (χ2n) is 2.41. The zero-order valence-corrected chi connectivity index (χ0v) is 8.47. The molecule has 12 heavy (non-hydrogen) atoms. The van der Waals surface area contributed by atoms with Gasteiger partial charge in [0, 0.05) is 0 Å². The number of hydrogen-bond acceptors (Lipinski definition) is 2. The van der Waals surface area contributed by atoms with Gasteiger partial charge in [-0.2, -0.15) is 5.26 Å². The predicted molar refractivity (Wildman–Crippen MR) is 50.1 cm³/mol. The van der Waals surface area contributed by atoms with Crippen molar-refractivity contribution >= 4 is 15.9 Å². The van der Waals surface area contributed by atoms with Gasteiger partial charge >= 0.3 is 0 Å². The minimum absolute atomic E-state index is 0.669. The van der Waals surface area contributed by atoms with Crippen molar-refractivity contribution in [2.75, 3.05) is 7.11 Å². The highest BCUT2D eigenvalue weighted by molar-refractivity contribution is 9.10. The van der Waals surface area contributed by atoms with Crippen LogP contribution in [0, 0.1) is 18.3 Å². The summed E-state index contributed by atoms with van der Waals surface area (Å²) in [6.45, 7) is 1.88. The Hall–Kier alpha value is -1.01. The molecule has 0 atom stereocenters. The van der Waals surface area contributed by atoms with E-state index in [1.807, 2.05) is 13.0 Å². The van der Waals surface area contributed by atoms with Crippen molar-refractivity contribution in [2.24, 2.45) is 0 Å². The Morgan fingerprint density at radius 3 is 2.67 bits per heavy atom. The van der Waals surface area contributed by atoms with Crippen LogP contribution in [0.2, 0.25) is 0 Å². The molecule has 1 aromatic rings. The number of ether oxygens (including phenoxy) is 1. The van der Waals surface area contributed by atoms with Gasteiger partial charge in [-0.3, -0.25) is 0 Å². The molecule has 0 aromatic heterocycles. The van der Waals surface area contributed by atoms with E-state index in [1.54, 1.807) is 13.2 Å². The zero-order chi connectivity index (χ0) is 9.14. The van der Waals surface area contributed by atoms with Crippen LogP contribution in [-0.4, -0.2) is 7.11 Å². The second-order valence-corrected chi connectivity index (χ2v) is 3.27. The first-order chi connectivity index (χ1) is 5.69. The molecule has 0 fully saturated rings. The first kappa shape index (κ1) is 9.08. The molecule has 0 heterocycles. The molecular weight excluding hydrogens is 218 g/mol. The van der Waals surface area contributed by atoms with Crippen LogP contribution in [0.3, 0.4) is 0 Å². The van der Waals surface area contributed by atoms with Crippen molar-refractivity contribution in [1.82, 2.24) is 0 Å². The number of benzene rings is 1. The fourth-order valence-electron chi connectivity index (χ4n) is 0.932. The normalized spacial score (nSPS) is 9.17. The average Bonchev–Trinajstić information content (AvgIpc) is 2.08. The predicted octanol–water partition coefficient (Wildman–Crippen LogP) is 2.64. The number of hydrogen-bond donors (Lipinski definition) is 0. The summed E-state index contributed by atoms with van der Waals surface area (Å²) in [6.07, 6.45) is 0. The van der Waals surface area contributed by atoms with Crippen molar-refractivity contribution in [3.8, 4) is 11.8 Å². The molecule has 0 aliphatic rings. The third-order valence-corrected chi connectivity index (χ3v) is 2.24. The molecule has 0 unspecified atom stereocenters. The second kappa shape index (κ2) is 3.59. The highest BCUT2D eigenvalue weighted by atomic mass is 79.9. The van der Waals surface area contributed by atoms with Crippen molar-refractivity contribution in [1.29, 1.82) is 5.26 Å². The third-order valence-electron chi connectivity index (χ3n) is 1.62. The fourth-order valence-corrected chi connectivity index (χ4v) is 1.44. The largest absolute Gasteiger partial charge is 0.496 e. The topological polar surface area (TPSA) is 33.0 Å². The van der Waals surface area contributed by atoms with Gasteiger partial charge in [0.05, 0.1) is 23.2 Å². The molecule has 0 bridgehead atoms. The van der Waals surface area contributed by atoms with Gasteiger partial charge in [-0.05, 0) is 40.5 Å². The lowest BCUT2D eigenvalue weighted by Gasteiger charge is -2.04. The lowest BCUT2D eigenvalue weighted by molar-refractivity contribution is 0.412. The molecule has 0 N–H and O–H groups in total. The first-order valence-corrected chi connectivity index (χ1v) is 4.22. The molecule has 2 nitrogen and oxygen atoms in total. The van der Waals surface area contributed by atoms with E-state index in [9.17, 15) is 0 Å². The Bertz CT molecular complexity index is 340. The number of methoxy groups -OCH3 is 1. The van der Waals surface area contributed by atoms with Crippen molar-refractivity contribution in [3.05, 3.63) is 27.7 Å². The summed E-state index contributed by atoms with van der Waals surface area (Å²) in [6, 6.07) is 5.70.